The molecule has 1 amide bonds. The van der Waals surface area contributed by atoms with Gasteiger partial charge in [-0.3, -0.25) is 9.48 Å². The van der Waals surface area contributed by atoms with Gasteiger partial charge in [0.05, 0.1) is 13.2 Å². The summed E-state index contributed by atoms with van der Waals surface area (Å²) >= 11 is 0. The Kier molecular flexibility index (Phi) is 5.20. The predicted molar refractivity (Wildman–Crippen MR) is 96.7 cm³/mol. The van der Waals surface area contributed by atoms with Gasteiger partial charge in [0.25, 0.3) is 0 Å². The van der Waals surface area contributed by atoms with Crippen LogP contribution in [0.4, 0.5) is 0 Å². The number of ether oxygens (including phenoxy) is 2. The summed E-state index contributed by atoms with van der Waals surface area (Å²) < 4.78 is 13.0. The minimum Gasteiger partial charge on any atom is -0.493 e. The molecule has 0 spiro atoms. The molecular formula is C20H25N3O3. The van der Waals surface area contributed by atoms with Crippen LogP contribution in [0.3, 0.4) is 0 Å². The first-order valence-electron chi connectivity index (χ1n) is 9.34. The van der Waals surface area contributed by atoms with Crippen molar-refractivity contribution in [1.82, 2.24) is 14.7 Å². The van der Waals surface area contributed by atoms with Gasteiger partial charge in [0.1, 0.15) is 12.3 Å². The van der Waals surface area contributed by atoms with E-state index in [0.717, 1.165) is 43.8 Å². The summed E-state index contributed by atoms with van der Waals surface area (Å²) in [5.41, 5.74) is 1.10. The van der Waals surface area contributed by atoms with E-state index in [4.69, 9.17) is 9.47 Å². The zero-order valence-corrected chi connectivity index (χ0v) is 14.9. The van der Waals surface area contributed by atoms with Crippen molar-refractivity contribution in [2.75, 3.05) is 19.8 Å². The topological polar surface area (TPSA) is 56.6 Å². The highest BCUT2D eigenvalue weighted by molar-refractivity contribution is 5.76. The van der Waals surface area contributed by atoms with Gasteiger partial charge in [-0.15, -0.1) is 0 Å². The summed E-state index contributed by atoms with van der Waals surface area (Å²) in [6.45, 7) is 3.23. The van der Waals surface area contributed by atoms with E-state index in [1.54, 1.807) is 10.9 Å². The molecule has 6 nitrogen and oxygen atoms in total. The Hall–Kier alpha value is -2.34. The predicted octanol–water partition coefficient (Wildman–Crippen LogP) is 2.49. The zero-order valence-electron chi connectivity index (χ0n) is 14.9. The van der Waals surface area contributed by atoms with Gasteiger partial charge in [-0.05, 0) is 43.0 Å². The van der Waals surface area contributed by atoms with E-state index < -0.39 is 0 Å². The molecule has 0 unspecified atom stereocenters. The van der Waals surface area contributed by atoms with Gasteiger partial charge in [-0.1, -0.05) is 12.1 Å². The summed E-state index contributed by atoms with van der Waals surface area (Å²) in [5, 5.41) is 4.14. The second-order valence-electron chi connectivity index (χ2n) is 7.14. The molecule has 0 radical (unpaired) electrons. The molecule has 2 aromatic rings. The molecule has 0 bridgehead atoms. The Balaban J connectivity index is 1.37. The van der Waals surface area contributed by atoms with Crippen molar-refractivity contribution in [3.63, 3.8) is 0 Å². The Labute approximate surface area is 153 Å². The molecule has 0 N–H and O–H groups in total. The first-order valence-corrected chi connectivity index (χ1v) is 9.34. The molecule has 2 fully saturated rings. The molecule has 1 atom stereocenters. The van der Waals surface area contributed by atoms with Gasteiger partial charge in [0.2, 0.25) is 5.91 Å². The number of aromatic nitrogens is 2. The lowest BCUT2D eigenvalue weighted by Gasteiger charge is -2.23. The van der Waals surface area contributed by atoms with Crippen LogP contribution >= 0.6 is 0 Å². The van der Waals surface area contributed by atoms with E-state index in [2.05, 4.69) is 11.2 Å². The molecule has 4 rings (SSSR count). The van der Waals surface area contributed by atoms with Crippen LogP contribution in [0.25, 0.3) is 0 Å². The van der Waals surface area contributed by atoms with Crippen molar-refractivity contribution in [3.05, 3.63) is 48.3 Å². The van der Waals surface area contributed by atoms with Gasteiger partial charge in [0.15, 0.2) is 0 Å². The van der Waals surface area contributed by atoms with E-state index >= 15 is 0 Å². The van der Waals surface area contributed by atoms with E-state index in [0.29, 0.717) is 31.7 Å². The maximum absolute atomic E-state index is 12.7. The van der Waals surface area contributed by atoms with Gasteiger partial charge >= 0.3 is 0 Å². The minimum absolute atomic E-state index is 0.116. The summed E-state index contributed by atoms with van der Waals surface area (Å²) in [6.07, 6.45) is 6.76. The number of carbonyl (C=O) groups is 1. The smallest absolute Gasteiger partial charge is 0.244 e. The van der Waals surface area contributed by atoms with Crippen molar-refractivity contribution >= 4 is 5.91 Å². The van der Waals surface area contributed by atoms with E-state index in [1.807, 2.05) is 35.4 Å². The summed E-state index contributed by atoms with van der Waals surface area (Å²) in [7, 11) is 0. The number of benzene rings is 1. The Bertz CT molecular complexity index is 722. The highest BCUT2D eigenvalue weighted by Crippen LogP contribution is 2.29. The lowest BCUT2D eigenvalue weighted by Crippen LogP contribution is -2.35. The SMILES string of the molecule is O=C(Cn1cccn1)N(Cc1cccc(OC[C@H]2CCOC2)c1)C1CC1. The summed E-state index contributed by atoms with van der Waals surface area (Å²) in [6, 6.07) is 10.3. The molecule has 1 aliphatic carbocycles. The number of hydrogen-bond acceptors (Lipinski definition) is 4. The molecule has 2 heterocycles. The molecule has 26 heavy (non-hydrogen) atoms. The molecule has 1 saturated carbocycles. The third kappa shape index (κ3) is 4.43. The second kappa shape index (κ2) is 7.91. The molecule has 138 valence electrons. The highest BCUT2D eigenvalue weighted by atomic mass is 16.5. The van der Waals surface area contributed by atoms with Crippen LogP contribution in [0.2, 0.25) is 0 Å². The molecular weight excluding hydrogens is 330 g/mol. The largest absolute Gasteiger partial charge is 0.493 e. The van der Waals surface area contributed by atoms with Crippen molar-refractivity contribution in [1.29, 1.82) is 0 Å². The molecule has 1 aliphatic heterocycles. The Morgan fingerprint density at radius 2 is 2.23 bits per heavy atom. The Morgan fingerprint density at radius 1 is 1.31 bits per heavy atom. The fourth-order valence-electron chi connectivity index (χ4n) is 3.29. The lowest BCUT2D eigenvalue weighted by atomic mass is 10.1. The monoisotopic (exact) mass is 355 g/mol. The van der Waals surface area contributed by atoms with E-state index in [-0.39, 0.29) is 5.91 Å². The van der Waals surface area contributed by atoms with E-state index in [9.17, 15) is 4.79 Å². The van der Waals surface area contributed by atoms with Crippen LogP contribution < -0.4 is 4.74 Å². The fraction of sp³-hybridized carbons (Fsp3) is 0.500. The molecule has 1 aromatic carbocycles. The number of rotatable bonds is 8. The van der Waals surface area contributed by atoms with Gasteiger partial charge in [0, 0.05) is 37.5 Å². The number of hydrogen-bond donors (Lipinski definition) is 0. The maximum atomic E-state index is 12.7. The number of nitrogens with zero attached hydrogens (tertiary/aromatic N) is 3. The third-order valence-corrected chi connectivity index (χ3v) is 4.93. The second-order valence-corrected chi connectivity index (χ2v) is 7.14. The van der Waals surface area contributed by atoms with Gasteiger partial charge in [-0.25, -0.2) is 0 Å². The standard InChI is InChI=1S/C20H25N3O3/c24-20(13-22-9-2-8-21-22)23(18-5-6-18)12-16-3-1-4-19(11-16)26-15-17-7-10-25-14-17/h1-4,8-9,11,17-18H,5-7,10,12-15H2/t17-/m0/s1. The Morgan fingerprint density at radius 3 is 2.96 bits per heavy atom. The van der Waals surface area contributed by atoms with Crippen LogP contribution in [0.1, 0.15) is 24.8 Å². The van der Waals surface area contributed by atoms with Gasteiger partial charge < -0.3 is 14.4 Å². The molecule has 1 saturated heterocycles. The van der Waals surface area contributed by atoms with Crippen molar-refractivity contribution in [3.8, 4) is 5.75 Å². The fourth-order valence-corrected chi connectivity index (χ4v) is 3.29. The van der Waals surface area contributed by atoms with Crippen LogP contribution in [0.15, 0.2) is 42.7 Å². The lowest BCUT2D eigenvalue weighted by molar-refractivity contribution is -0.133. The van der Waals surface area contributed by atoms with Gasteiger partial charge in [-0.2, -0.15) is 5.10 Å². The number of carbonyl (C=O) groups excluding carboxylic acids is 1. The molecule has 6 heteroatoms. The first-order chi connectivity index (χ1) is 12.8. The molecule has 1 aromatic heterocycles. The van der Waals surface area contributed by atoms with Crippen LogP contribution in [-0.2, 0) is 22.6 Å². The van der Waals surface area contributed by atoms with Crippen molar-refractivity contribution < 1.29 is 14.3 Å². The highest BCUT2D eigenvalue weighted by Gasteiger charge is 2.32. The molecule has 2 aliphatic rings. The maximum Gasteiger partial charge on any atom is 0.244 e. The minimum atomic E-state index is 0.116. The van der Waals surface area contributed by atoms with Crippen LogP contribution in [0, 0.1) is 5.92 Å². The van der Waals surface area contributed by atoms with Crippen LogP contribution in [-0.4, -0.2) is 46.5 Å². The van der Waals surface area contributed by atoms with Crippen molar-refractivity contribution in [2.24, 2.45) is 5.92 Å². The zero-order chi connectivity index (χ0) is 17.8. The third-order valence-electron chi connectivity index (χ3n) is 4.93. The number of amides is 1. The van der Waals surface area contributed by atoms with Crippen molar-refractivity contribution in [2.45, 2.75) is 38.4 Å². The van der Waals surface area contributed by atoms with E-state index in [1.165, 1.54) is 0 Å². The normalized spacial score (nSPS) is 19.5. The van der Waals surface area contributed by atoms with Crippen LogP contribution in [0.5, 0.6) is 5.75 Å². The average Bonchev–Trinajstić information content (AvgIpc) is 3.12. The summed E-state index contributed by atoms with van der Waals surface area (Å²) in [4.78, 5) is 14.7. The average molecular weight is 355 g/mol. The first kappa shape index (κ1) is 17.1. The summed E-state index contributed by atoms with van der Waals surface area (Å²) in [5.74, 6) is 1.47. The quantitative estimate of drug-likeness (QED) is 0.730.